The van der Waals surface area contributed by atoms with Gasteiger partial charge in [0.15, 0.2) is 0 Å². The lowest BCUT2D eigenvalue weighted by Gasteiger charge is -2.33. The van der Waals surface area contributed by atoms with Crippen LogP contribution in [0.15, 0.2) is 36.5 Å². The van der Waals surface area contributed by atoms with E-state index >= 15 is 0 Å². The number of carbonyl (C=O) groups is 1. The summed E-state index contributed by atoms with van der Waals surface area (Å²) in [7, 11) is 0. The summed E-state index contributed by atoms with van der Waals surface area (Å²) in [6.07, 6.45) is 8.17. The largest absolute Gasteiger partial charge is 0.376 e. The molecule has 3 heterocycles. The van der Waals surface area contributed by atoms with Crippen molar-refractivity contribution in [2.24, 2.45) is 5.92 Å². The molecule has 1 N–H and O–H groups in total. The Kier molecular flexibility index (Phi) is 6.15. The van der Waals surface area contributed by atoms with E-state index in [1.165, 1.54) is 0 Å². The highest BCUT2D eigenvalue weighted by atomic mass is 16.5. The summed E-state index contributed by atoms with van der Waals surface area (Å²) in [6.45, 7) is 5.49. The number of carbonyl (C=O) groups excluding carboxylic acids is 1. The van der Waals surface area contributed by atoms with Gasteiger partial charge in [-0.1, -0.05) is 12.1 Å². The molecule has 1 saturated heterocycles. The maximum atomic E-state index is 13.8. The molecular formula is C26H33N3O3. The van der Waals surface area contributed by atoms with Crippen LogP contribution in [0.3, 0.4) is 0 Å². The standard InChI is InChI=1S/C26H33N3O3/c1-17(2)32-21-10-7-18(8-11-21)26(30)29-16-20-5-3-13-27-25(20)28-22-12-9-19(15-23(22)29)24-6-4-14-31-24/h3,5,9,12-13,15,17-18,21,24H,4,6-8,10-11,14,16H2,1-2H3,(H,27,28)/t18-,21-,24?. The molecule has 170 valence electrons. The number of hydrogen-bond donors (Lipinski definition) is 1. The van der Waals surface area contributed by atoms with Crippen molar-refractivity contribution in [3.8, 4) is 0 Å². The second kappa shape index (κ2) is 9.20. The molecule has 3 aliphatic rings. The number of benzene rings is 1. The minimum absolute atomic E-state index is 0.0273. The van der Waals surface area contributed by atoms with E-state index in [0.717, 1.165) is 73.5 Å². The Morgan fingerprint density at radius 2 is 2.03 bits per heavy atom. The van der Waals surface area contributed by atoms with Gasteiger partial charge in [0.1, 0.15) is 5.82 Å². The van der Waals surface area contributed by atoms with Crippen molar-refractivity contribution >= 4 is 23.1 Å². The predicted molar refractivity (Wildman–Crippen MR) is 125 cm³/mol. The Morgan fingerprint density at radius 3 is 2.78 bits per heavy atom. The van der Waals surface area contributed by atoms with Gasteiger partial charge in [0.2, 0.25) is 5.91 Å². The maximum Gasteiger partial charge on any atom is 0.230 e. The normalized spacial score (nSPS) is 25.1. The second-order valence-electron chi connectivity index (χ2n) is 9.50. The zero-order valence-electron chi connectivity index (χ0n) is 19.0. The van der Waals surface area contributed by atoms with E-state index in [-0.39, 0.29) is 30.1 Å². The number of hydrogen-bond acceptors (Lipinski definition) is 5. The van der Waals surface area contributed by atoms with E-state index < -0.39 is 0 Å². The van der Waals surface area contributed by atoms with Crippen LogP contribution < -0.4 is 10.2 Å². The quantitative estimate of drug-likeness (QED) is 0.686. The van der Waals surface area contributed by atoms with Crippen LogP contribution in [-0.4, -0.2) is 29.7 Å². The van der Waals surface area contributed by atoms with E-state index in [9.17, 15) is 4.79 Å². The first-order valence-corrected chi connectivity index (χ1v) is 12.0. The van der Waals surface area contributed by atoms with Crippen molar-refractivity contribution in [3.63, 3.8) is 0 Å². The number of ether oxygens (including phenoxy) is 2. The summed E-state index contributed by atoms with van der Waals surface area (Å²) < 4.78 is 11.9. The molecule has 1 aliphatic carbocycles. The van der Waals surface area contributed by atoms with Gasteiger partial charge in [0, 0.05) is 24.3 Å². The van der Waals surface area contributed by atoms with Crippen molar-refractivity contribution in [1.29, 1.82) is 0 Å². The average Bonchev–Trinajstić information content (AvgIpc) is 3.28. The van der Waals surface area contributed by atoms with Crippen molar-refractivity contribution in [2.45, 2.75) is 77.2 Å². The van der Waals surface area contributed by atoms with Gasteiger partial charge in [-0.2, -0.15) is 0 Å². The van der Waals surface area contributed by atoms with E-state index in [2.05, 4.69) is 48.4 Å². The lowest BCUT2D eigenvalue weighted by Crippen LogP contribution is -2.38. The summed E-state index contributed by atoms with van der Waals surface area (Å²) in [5, 5.41) is 3.47. The maximum absolute atomic E-state index is 13.8. The second-order valence-corrected chi connectivity index (χ2v) is 9.50. The van der Waals surface area contributed by atoms with Crippen LogP contribution in [0.5, 0.6) is 0 Å². The SMILES string of the molecule is CC(C)O[C@H]1CC[C@H](C(=O)N2Cc3cccnc3Nc3ccc(C4CCCO4)cc32)CC1. The van der Waals surface area contributed by atoms with E-state index in [1.54, 1.807) is 6.20 Å². The van der Waals surface area contributed by atoms with Crippen molar-refractivity contribution in [2.75, 3.05) is 16.8 Å². The number of nitrogens with one attached hydrogen (secondary N) is 1. The molecule has 1 atom stereocenters. The molecule has 2 fully saturated rings. The molecule has 2 aromatic rings. The van der Waals surface area contributed by atoms with E-state index in [4.69, 9.17) is 9.47 Å². The molecule has 1 aromatic carbocycles. The zero-order valence-corrected chi connectivity index (χ0v) is 19.0. The minimum atomic E-state index is 0.0273. The molecule has 5 rings (SSSR count). The Balaban J connectivity index is 1.44. The van der Waals surface area contributed by atoms with Crippen LogP contribution in [0.1, 0.15) is 69.6 Å². The molecule has 32 heavy (non-hydrogen) atoms. The van der Waals surface area contributed by atoms with Crippen LogP contribution in [0.25, 0.3) is 0 Å². The zero-order chi connectivity index (χ0) is 22.1. The smallest absolute Gasteiger partial charge is 0.230 e. The Bertz CT molecular complexity index is 963. The average molecular weight is 436 g/mol. The van der Waals surface area contributed by atoms with Gasteiger partial charge >= 0.3 is 0 Å². The highest BCUT2D eigenvalue weighted by molar-refractivity contribution is 5.99. The Morgan fingerprint density at radius 1 is 1.19 bits per heavy atom. The van der Waals surface area contributed by atoms with Gasteiger partial charge in [-0.3, -0.25) is 4.79 Å². The highest BCUT2D eigenvalue weighted by Gasteiger charge is 2.34. The van der Waals surface area contributed by atoms with Gasteiger partial charge in [-0.15, -0.1) is 0 Å². The van der Waals surface area contributed by atoms with Crippen molar-refractivity contribution in [3.05, 3.63) is 47.7 Å². The first-order valence-electron chi connectivity index (χ1n) is 12.0. The van der Waals surface area contributed by atoms with Crippen LogP contribution in [0.2, 0.25) is 0 Å². The molecule has 2 aliphatic heterocycles. The molecule has 1 unspecified atom stereocenters. The summed E-state index contributed by atoms with van der Waals surface area (Å²) in [5.41, 5.74) is 4.04. The third-order valence-corrected chi connectivity index (χ3v) is 6.84. The topological polar surface area (TPSA) is 63.7 Å². The third kappa shape index (κ3) is 4.39. The predicted octanol–water partition coefficient (Wildman–Crippen LogP) is 5.51. The first-order chi connectivity index (χ1) is 15.6. The molecular weight excluding hydrogens is 402 g/mol. The molecule has 1 saturated carbocycles. The lowest BCUT2D eigenvalue weighted by molar-refractivity contribution is -0.124. The van der Waals surface area contributed by atoms with Gasteiger partial charge in [0.25, 0.3) is 0 Å². The molecule has 0 radical (unpaired) electrons. The number of aromatic nitrogens is 1. The molecule has 1 amide bonds. The highest BCUT2D eigenvalue weighted by Crippen LogP contribution is 2.40. The van der Waals surface area contributed by atoms with Crippen molar-refractivity contribution < 1.29 is 14.3 Å². The fourth-order valence-electron chi connectivity index (χ4n) is 5.23. The summed E-state index contributed by atoms with van der Waals surface area (Å²) in [5.74, 6) is 1.06. The van der Waals surface area contributed by atoms with Crippen LogP contribution in [0, 0.1) is 5.92 Å². The minimum Gasteiger partial charge on any atom is -0.376 e. The van der Waals surface area contributed by atoms with Crippen LogP contribution >= 0.6 is 0 Å². The number of rotatable bonds is 4. The van der Waals surface area contributed by atoms with Crippen LogP contribution in [0.4, 0.5) is 17.2 Å². The number of fused-ring (bicyclic) bond motifs is 2. The third-order valence-electron chi connectivity index (χ3n) is 6.84. The number of anilines is 3. The molecule has 0 spiro atoms. The van der Waals surface area contributed by atoms with Crippen molar-refractivity contribution in [1.82, 2.24) is 4.98 Å². The number of pyridine rings is 1. The molecule has 6 nitrogen and oxygen atoms in total. The van der Waals surface area contributed by atoms with Gasteiger partial charge in [-0.25, -0.2) is 4.98 Å². The van der Waals surface area contributed by atoms with E-state index in [0.29, 0.717) is 6.54 Å². The monoisotopic (exact) mass is 435 g/mol. The van der Waals surface area contributed by atoms with Gasteiger partial charge in [0.05, 0.1) is 36.2 Å². The lowest BCUT2D eigenvalue weighted by atomic mass is 9.86. The fourth-order valence-corrected chi connectivity index (χ4v) is 5.23. The Labute approximate surface area is 190 Å². The summed E-state index contributed by atoms with van der Waals surface area (Å²) in [4.78, 5) is 20.4. The van der Waals surface area contributed by atoms with E-state index in [1.807, 2.05) is 11.0 Å². The fraction of sp³-hybridized carbons (Fsp3) is 0.538. The number of nitrogens with zero attached hydrogens (tertiary/aromatic N) is 2. The van der Waals surface area contributed by atoms with Crippen LogP contribution in [-0.2, 0) is 20.8 Å². The summed E-state index contributed by atoms with van der Waals surface area (Å²) >= 11 is 0. The number of amides is 1. The molecule has 0 bridgehead atoms. The molecule has 1 aromatic heterocycles. The van der Waals surface area contributed by atoms with Gasteiger partial charge in [-0.05, 0) is 76.1 Å². The Hall–Kier alpha value is -2.44. The summed E-state index contributed by atoms with van der Waals surface area (Å²) in [6, 6.07) is 10.3. The first kappa shape index (κ1) is 21.4. The van der Waals surface area contributed by atoms with Gasteiger partial charge < -0.3 is 19.7 Å². The molecule has 6 heteroatoms.